The van der Waals surface area contributed by atoms with E-state index in [4.69, 9.17) is 16.3 Å². The van der Waals surface area contributed by atoms with Crippen molar-refractivity contribution in [3.05, 3.63) is 46.0 Å². The van der Waals surface area contributed by atoms with Crippen molar-refractivity contribution in [2.75, 3.05) is 6.61 Å². The van der Waals surface area contributed by atoms with Crippen molar-refractivity contribution in [2.24, 2.45) is 0 Å². The molecule has 0 unspecified atom stereocenters. The fourth-order valence-corrected chi connectivity index (χ4v) is 1.92. The lowest BCUT2D eigenvalue weighted by Gasteiger charge is -2.06. The zero-order valence-corrected chi connectivity index (χ0v) is 11.8. The molecule has 0 aliphatic carbocycles. The van der Waals surface area contributed by atoms with Gasteiger partial charge in [0.1, 0.15) is 5.82 Å². The first-order chi connectivity index (χ1) is 9.54. The van der Waals surface area contributed by atoms with Crippen LogP contribution in [0.4, 0.5) is 4.39 Å². The molecule has 1 heterocycles. The Bertz CT molecular complexity index is 643. The summed E-state index contributed by atoms with van der Waals surface area (Å²) >= 11 is 5.72. The Labute approximate surface area is 120 Å². The molecular weight excluding hydrogens is 285 g/mol. The van der Waals surface area contributed by atoms with E-state index in [1.807, 2.05) is 0 Å². The van der Waals surface area contributed by atoms with Crippen molar-refractivity contribution in [3.63, 3.8) is 0 Å². The highest BCUT2D eigenvalue weighted by molar-refractivity contribution is 6.30. The van der Waals surface area contributed by atoms with Gasteiger partial charge in [-0.2, -0.15) is 0 Å². The highest BCUT2D eigenvalue weighted by atomic mass is 35.5. The van der Waals surface area contributed by atoms with Crippen LogP contribution in [0.5, 0.6) is 0 Å². The van der Waals surface area contributed by atoms with Gasteiger partial charge in [-0.3, -0.25) is 0 Å². The molecule has 1 aromatic carbocycles. The molecule has 106 valence electrons. The fraction of sp³-hybridized carbons (Fsp3) is 0.308. The van der Waals surface area contributed by atoms with Crippen LogP contribution in [-0.2, 0) is 11.3 Å². The van der Waals surface area contributed by atoms with Crippen molar-refractivity contribution in [2.45, 2.75) is 20.4 Å². The number of carbonyl (C=O) groups excluding carboxylic acids is 1. The second-order valence-electron chi connectivity index (χ2n) is 4.11. The quantitative estimate of drug-likeness (QED) is 0.814. The Balaban J connectivity index is 2.27. The third-order valence-corrected chi connectivity index (χ3v) is 3.09. The molecule has 0 atom stereocenters. The van der Waals surface area contributed by atoms with E-state index in [1.165, 1.54) is 10.7 Å². The number of ether oxygens (including phenoxy) is 1. The van der Waals surface area contributed by atoms with E-state index in [0.717, 1.165) is 0 Å². The number of benzene rings is 1. The van der Waals surface area contributed by atoms with Crippen molar-refractivity contribution in [1.29, 1.82) is 0 Å². The van der Waals surface area contributed by atoms with E-state index >= 15 is 0 Å². The second kappa shape index (κ2) is 6.00. The van der Waals surface area contributed by atoms with Gasteiger partial charge in [-0.1, -0.05) is 28.9 Å². The number of nitrogens with zero attached hydrogens (tertiary/aromatic N) is 3. The molecular formula is C13H13ClFN3O2. The summed E-state index contributed by atoms with van der Waals surface area (Å²) in [4.78, 5) is 11.6. The average Bonchev–Trinajstić information content (AvgIpc) is 2.77. The van der Waals surface area contributed by atoms with Gasteiger partial charge in [0.05, 0.1) is 23.9 Å². The second-order valence-corrected chi connectivity index (χ2v) is 4.52. The molecule has 0 bridgehead atoms. The minimum Gasteiger partial charge on any atom is -0.461 e. The standard InChI is InChI=1S/C13H13ClFN3O2/c1-3-20-13(19)12-8(2)18(17-16-12)7-9-5-4-6-10(14)11(9)15/h4-6H,3,7H2,1-2H3. The molecule has 20 heavy (non-hydrogen) atoms. The molecule has 1 aromatic heterocycles. The Morgan fingerprint density at radius 1 is 1.50 bits per heavy atom. The molecule has 0 aliphatic rings. The topological polar surface area (TPSA) is 57.0 Å². The Morgan fingerprint density at radius 3 is 2.95 bits per heavy atom. The van der Waals surface area contributed by atoms with Gasteiger partial charge in [0.2, 0.25) is 0 Å². The molecule has 2 rings (SSSR count). The lowest BCUT2D eigenvalue weighted by molar-refractivity contribution is 0.0518. The average molecular weight is 298 g/mol. The van der Waals surface area contributed by atoms with Crippen LogP contribution in [0.3, 0.4) is 0 Å². The highest BCUT2D eigenvalue weighted by Crippen LogP contribution is 2.19. The maximum absolute atomic E-state index is 13.8. The number of aromatic nitrogens is 3. The van der Waals surface area contributed by atoms with Crippen LogP contribution in [0.25, 0.3) is 0 Å². The van der Waals surface area contributed by atoms with Crippen LogP contribution in [0, 0.1) is 12.7 Å². The Hall–Kier alpha value is -1.95. The molecule has 7 heteroatoms. The van der Waals surface area contributed by atoms with Crippen molar-refractivity contribution < 1.29 is 13.9 Å². The third kappa shape index (κ3) is 2.80. The SMILES string of the molecule is CCOC(=O)c1nnn(Cc2cccc(Cl)c2F)c1C. The number of rotatable bonds is 4. The summed E-state index contributed by atoms with van der Waals surface area (Å²) in [7, 11) is 0. The minimum atomic E-state index is -0.539. The van der Waals surface area contributed by atoms with Gasteiger partial charge in [0.25, 0.3) is 0 Å². The molecule has 0 radical (unpaired) electrons. The van der Waals surface area contributed by atoms with Crippen LogP contribution in [0.2, 0.25) is 5.02 Å². The molecule has 0 N–H and O–H groups in total. The van der Waals surface area contributed by atoms with E-state index in [2.05, 4.69) is 10.3 Å². The van der Waals surface area contributed by atoms with Gasteiger partial charge < -0.3 is 4.74 Å². The Kier molecular flexibility index (Phi) is 4.34. The third-order valence-electron chi connectivity index (χ3n) is 2.80. The van der Waals surface area contributed by atoms with Crippen LogP contribution in [-0.4, -0.2) is 27.6 Å². The van der Waals surface area contributed by atoms with Crippen LogP contribution in [0.15, 0.2) is 18.2 Å². The summed E-state index contributed by atoms with van der Waals surface area (Å²) in [5.41, 5.74) is 1.03. The first kappa shape index (κ1) is 14.5. The van der Waals surface area contributed by atoms with Gasteiger partial charge >= 0.3 is 5.97 Å². The predicted octanol–water partition coefficient (Wildman–Crippen LogP) is 2.60. The molecule has 0 spiro atoms. The lowest BCUT2D eigenvalue weighted by Crippen LogP contribution is -2.09. The zero-order chi connectivity index (χ0) is 14.7. The number of hydrogen-bond donors (Lipinski definition) is 0. The molecule has 2 aromatic rings. The molecule has 0 saturated carbocycles. The van der Waals surface area contributed by atoms with Crippen LogP contribution >= 0.6 is 11.6 Å². The Morgan fingerprint density at radius 2 is 2.25 bits per heavy atom. The van der Waals surface area contributed by atoms with Crippen molar-refractivity contribution in [1.82, 2.24) is 15.0 Å². The fourth-order valence-electron chi connectivity index (χ4n) is 1.73. The van der Waals surface area contributed by atoms with E-state index in [9.17, 15) is 9.18 Å². The first-order valence-corrected chi connectivity index (χ1v) is 6.42. The summed E-state index contributed by atoms with van der Waals surface area (Å²) in [6.07, 6.45) is 0. The van der Waals surface area contributed by atoms with E-state index in [0.29, 0.717) is 11.3 Å². The summed E-state index contributed by atoms with van der Waals surface area (Å²) in [6.45, 7) is 3.78. The predicted molar refractivity (Wildman–Crippen MR) is 71.2 cm³/mol. The monoisotopic (exact) mass is 297 g/mol. The maximum atomic E-state index is 13.8. The minimum absolute atomic E-state index is 0.0471. The normalized spacial score (nSPS) is 10.6. The zero-order valence-electron chi connectivity index (χ0n) is 11.1. The van der Waals surface area contributed by atoms with Gasteiger partial charge in [-0.25, -0.2) is 13.9 Å². The smallest absolute Gasteiger partial charge is 0.360 e. The van der Waals surface area contributed by atoms with E-state index in [-0.39, 0.29) is 23.9 Å². The highest BCUT2D eigenvalue weighted by Gasteiger charge is 2.18. The maximum Gasteiger partial charge on any atom is 0.360 e. The molecule has 0 amide bonds. The van der Waals surface area contributed by atoms with Crippen molar-refractivity contribution in [3.8, 4) is 0 Å². The molecule has 0 saturated heterocycles. The number of hydrogen-bond acceptors (Lipinski definition) is 4. The number of esters is 1. The summed E-state index contributed by atoms with van der Waals surface area (Å²) in [6, 6.07) is 4.73. The molecule has 0 fully saturated rings. The first-order valence-electron chi connectivity index (χ1n) is 6.04. The number of carbonyl (C=O) groups is 1. The van der Waals surface area contributed by atoms with Crippen LogP contribution < -0.4 is 0 Å². The van der Waals surface area contributed by atoms with Gasteiger partial charge in [0, 0.05) is 5.56 Å². The van der Waals surface area contributed by atoms with Gasteiger partial charge in [-0.15, -0.1) is 5.10 Å². The lowest BCUT2D eigenvalue weighted by atomic mass is 10.2. The van der Waals surface area contributed by atoms with E-state index in [1.54, 1.807) is 26.0 Å². The number of halogens is 2. The van der Waals surface area contributed by atoms with Gasteiger partial charge in [0.15, 0.2) is 5.69 Å². The van der Waals surface area contributed by atoms with E-state index < -0.39 is 11.8 Å². The largest absolute Gasteiger partial charge is 0.461 e. The summed E-state index contributed by atoms with van der Waals surface area (Å²) in [5, 5.41) is 7.65. The van der Waals surface area contributed by atoms with Crippen molar-refractivity contribution >= 4 is 17.6 Å². The van der Waals surface area contributed by atoms with Crippen LogP contribution in [0.1, 0.15) is 28.7 Å². The summed E-state index contributed by atoms with van der Waals surface area (Å²) < 4.78 is 20.1. The molecule has 0 aliphatic heterocycles. The molecule has 5 nitrogen and oxygen atoms in total. The summed E-state index contributed by atoms with van der Waals surface area (Å²) in [5.74, 6) is -1.04. The van der Waals surface area contributed by atoms with Gasteiger partial charge in [-0.05, 0) is 19.9 Å².